The van der Waals surface area contributed by atoms with E-state index in [2.05, 4.69) is 0 Å². The number of alkyl halides is 3. The van der Waals surface area contributed by atoms with E-state index < -0.39 is 17.6 Å². The van der Waals surface area contributed by atoms with Gasteiger partial charge in [-0.2, -0.15) is 13.2 Å². The molecule has 2 atom stereocenters. The Morgan fingerprint density at radius 2 is 2.04 bits per heavy atom. The highest BCUT2D eigenvalue weighted by atomic mass is 19.4. The molecule has 0 radical (unpaired) electrons. The van der Waals surface area contributed by atoms with E-state index in [1.165, 1.54) is 11.0 Å². The van der Waals surface area contributed by atoms with Crippen LogP contribution < -0.4 is 10.6 Å². The summed E-state index contributed by atoms with van der Waals surface area (Å²) in [6.45, 7) is 3.10. The molecule has 0 saturated carbocycles. The lowest BCUT2D eigenvalue weighted by molar-refractivity contribution is -0.137. The lowest BCUT2D eigenvalue weighted by atomic mass is 10.1. The second-order valence-corrected chi connectivity index (χ2v) is 7.06. The molecule has 0 spiro atoms. The normalized spacial score (nSPS) is 23.8. The van der Waals surface area contributed by atoms with Crippen LogP contribution in [0.15, 0.2) is 18.2 Å². The lowest BCUT2D eigenvalue weighted by Crippen LogP contribution is -2.35. The molecule has 0 aromatic heterocycles. The molecular weight excluding hydrogens is 347 g/mol. The summed E-state index contributed by atoms with van der Waals surface area (Å²) in [6.07, 6.45) is -2.95. The molecule has 2 aliphatic rings. The Hall–Kier alpha value is -2.09. The van der Waals surface area contributed by atoms with Crippen LogP contribution in [0.4, 0.5) is 18.9 Å². The van der Waals surface area contributed by atoms with Crippen LogP contribution in [0.5, 0.6) is 0 Å². The maximum absolute atomic E-state index is 13.3. The van der Waals surface area contributed by atoms with Crippen LogP contribution in [0.25, 0.3) is 0 Å². The third kappa shape index (κ3) is 3.56. The minimum absolute atomic E-state index is 0.0425. The Balaban J connectivity index is 1.98. The van der Waals surface area contributed by atoms with Crippen LogP contribution in [0.1, 0.15) is 42.1 Å². The molecule has 2 unspecified atom stereocenters. The first-order valence-electron chi connectivity index (χ1n) is 8.74. The van der Waals surface area contributed by atoms with Crippen LogP contribution in [-0.2, 0) is 11.0 Å². The molecule has 2 fully saturated rings. The van der Waals surface area contributed by atoms with Crippen molar-refractivity contribution in [3.05, 3.63) is 29.3 Å². The van der Waals surface area contributed by atoms with Crippen molar-refractivity contribution in [1.82, 2.24) is 4.90 Å². The average Bonchev–Trinajstić information content (AvgIpc) is 3.18. The Kier molecular flexibility index (Phi) is 4.96. The zero-order chi connectivity index (χ0) is 19.1. The zero-order valence-electron chi connectivity index (χ0n) is 14.6. The highest BCUT2D eigenvalue weighted by Crippen LogP contribution is 2.35. The second-order valence-electron chi connectivity index (χ2n) is 7.06. The zero-order valence-corrected chi connectivity index (χ0v) is 14.6. The first kappa shape index (κ1) is 18.7. The van der Waals surface area contributed by atoms with Gasteiger partial charge in [0, 0.05) is 36.8 Å². The smallest absolute Gasteiger partial charge is 0.336 e. The molecule has 8 heteroatoms. The Morgan fingerprint density at radius 3 is 2.58 bits per heavy atom. The van der Waals surface area contributed by atoms with E-state index in [0.29, 0.717) is 32.5 Å². The Morgan fingerprint density at radius 1 is 1.31 bits per heavy atom. The molecule has 2 aliphatic heterocycles. The predicted molar refractivity (Wildman–Crippen MR) is 90.7 cm³/mol. The van der Waals surface area contributed by atoms with E-state index in [9.17, 15) is 22.8 Å². The fourth-order valence-corrected chi connectivity index (χ4v) is 3.74. The molecule has 1 aromatic rings. The van der Waals surface area contributed by atoms with Gasteiger partial charge in [-0.25, -0.2) is 0 Å². The number of nitrogens with two attached hydrogens (primary N) is 1. The van der Waals surface area contributed by atoms with E-state index >= 15 is 0 Å². The fraction of sp³-hybridized carbons (Fsp3) is 0.556. The van der Waals surface area contributed by atoms with Crippen molar-refractivity contribution in [3.8, 4) is 0 Å². The van der Waals surface area contributed by atoms with E-state index in [1.807, 2.05) is 6.92 Å². The van der Waals surface area contributed by atoms with Crippen molar-refractivity contribution in [2.75, 3.05) is 24.5 Å². The minimum Gasteiger partial charge on any atom is -0.336 e. The van der Waals surface area contributed by atoms with Gasteiger partial charge in [-0.15, -0.1) is 0 Å². The van der Waals surface area contributed by atoms with Gasteiger partial charge in [-0.05, 0) is 50.4 Å². The molecule has 142 valence electrons. The summed E-state index contributed by atoms with van der Waals surface area (Å²) in [5.41, 5.74) is 4.84. The van der Waals surface area contributed by atoms with Crippen LogP contribution in [0.2, 0.25) is 0 Å². The van der Waals surface area contributed by atoms with E-state index in [1.54, 1.807) is 4.90 Å². The third-order valence-electron chi connectivity index (χ3n) is 5.13. The standard InChI is InChI=1S/C18H22F3N3O2/c1-11-5-12(9-22)10-24(11)17(26)13-6-14(18(19,20)21)8-15(7-13)23-4-2-3-16(23)25/h6-8,11-12H,2-5,9-10,22H2,1H3. The van der Waals surface area contributed by atoms with Gasteiger partial charge >= 0.3 is 6.18 Å². The van der Waals surface area contributed by atoms with Crippen LogP contribution in [0.3, 0.4) is 0 Å². The number of carbonyl (C=O) groups is 2. The summed E-state index contributed by atoms with van der Waals surface area (Å²) in [6, 6.07) is 3.12. The molecule has 2 saturated heterocycles. The quantitative estimate of drug-likeness (QED) is 0.891. The molecule has 2 heterocycles. The van der Waals surface area contributed by atoms with Crippen molar-refractivity contribution < 1.29 is 22.8 Å². The number of benzene rings is 1. The SMILES string of the molecule is CC1CC(CN)CN1C(=O)c1cc(N2CCCC2=O)cc(C(F)(F)F)c1. The highest BCUT2D eigenvalue weighted by Gasteiger charge is 2.36. The van der Waals surface area contributed by atoms with Gasteiger partial charge in [0.1, 0.15) is 0 Å². The van der Waals surface area contributed by atoms with Gasteiger partial charge in [0.25, 0.3) is 5.91 Å². The van der Waals surface area contributed by atoms with Crippen molar-refractivity contribution in [2.45, 2.75) is 38.4 Å². The Labute approximate surface area is 149 Å². The summed E-state index contributed by atoms with van der Waals surface area (Å²) in [4.78, 5) is 27.7. The molecule has 2 amide bonds. The Bertz CT molecular complexity index is 720. The molecule has 2 N–H and O–H groups in total. The molecule has 5 nitrogen and oxygen atoms in total. The van der Waals surface area contributed by atoms with Crippen LogP contribution in [-0.4, -0.2) is 42.4 Å². The number of nitrogens with zero attached hydrogens (tertiary/aromatic N) is 2. The van der Waals surface area contributed by atoms with Crippen molar-refractivity contribution in [1.29, 1.82) is 0 Å². The van der Waals surface area contributed by atoms with Crippen LogP contribution >= 0.6 is 0 Å². The van der Waals surface area contributed by atoms with Gasteiger partial charge in [-0.3, -0.25) is 9.59 Å². The van der Waals surface area contributed by atoms with Crippen molar-refractivity contribution >= 4 is 17.5 Å². The maximum Gasteiger partial charge on any atom is 0.416 e. The van der Waals surface area contributed by atoms with Crippen molar-refractivity contribution in [2.24, 2.45) is 11.7 Å². The lowest BCUT2D eigenvalue weighted by Gasteiger charge is -2.24. The van der Waals surface area contributed by atoms with E-state index in [0.717, 1.165) is 18.6 Å². The maximum atomic E-state index is 13.3. The predicted octanol–water partition coefficient (Wildman–Crippen LogP) is 2.64. The highest BCUT2D eigenvalue weighted by molar-refractivity contribution is 5.99. The van der Waals surface area contributed by atoms with Gasteiger partial charge in [-0.1, -0.05) is 0 Å². The number of hydrogen-bond acceptors (Lipinski definition) is 3. The molecule has 0 bridgehead atoms. The first-order chi connectivity index (χ1) is 12.2. The molecule has 1 aromatic carbocycles. The topological polar surface area (TPSA) is 66.6 Å². The van der Waals surface area contributed by atoms with Crippen molar-refractivity contribution in [3.63, 3.8) is 0 Å². The third-order valence-corrected chi connectivity index (χ3v) is 5.13. The number of halogens is 3. The molecular formula is C18H22F3N3O2. The summed E-state index contributed by atoms with van der Waals surface area (Å²) in [5, 5.41) is 0. The number of likely N-dealkylation sites (tertiary alicyclic amines) is 1. The minimum atomic E-state index is -4.59. The number of hydrogen-bond donors (Lipinski definition) is 1. The largest absolute Gasteiger partial charge is 0.416 e. The van der Waals surface area contributed by atoms with E-state index in [4.69, 9.17) is 5.73 Å². The van der Waals surface area contributed by atoms with Crippen LogP contribution in [0, 0.1) is 5.92 Å². The van der Waals surface area contributed by atoms with E-state index in [-0.39, 0.29) is 29.1 Å². The van der Waals surface area contributed by atoms with Gasteiger partial charge in [0.2, 0.25) is 5.91 Å². The van der Waals surface area contributed by atoms with Gasteiger partial charge in [0.15, 0.2) is 0 Å². The monoisotopic (exact) mass is 369 g/mol. The average molecular weight is 369 g/mol. The van der Waals surface area contributed by atoms with Gasteiger partial charge < -0.3 is 15.5 Å². The number of carbonyl (C=O) groups excluding carboxylic acids is 2. The number of amides is 2. The first-order valence-corrected chi connectivity index (χ1v) is 8.74. The fourth-order valence-electron chi connectivity index (χ4n) is 3.74. The second kappa shape index (κ2) is 6.90. The van der Waals surface area contributed by atoms with Gasteiger partial charge in [0.05, 0.1) is 5.56 Å². The number of rotatable bonds is 3. The summed E-state index contributed by atoms with van der Waals surface area (Å²) < 4.78 is 40.0. The summed E-state index contributed by atoms with van der Waals surface area (Å²) >= 11 is 0. The molecule has 3 rings (SSSR count). The number of anilines is 1. The summed E-state index contributed by atoms with van der Waals surface area (Å²) in [7, 11) is 0. The summed E-state index contributed by atoms with van der Waals surface area (Å²) in [5.74, 6) is -0.521. The molecule has 26 heavy (non-hydrogen) atoms. The molecule has 0 aliphatic carbocycles.